The molecule has 0 aliphatic rings. The number of benzene rings is 1. The van der Waals surface area contributed by atoms with Crippen molar-refractivity contribution in [3.63, 3.8) is 0 Å². The first-order valence-corrected chi connectivity index (χ1v) is 5.19. The molecule has 76 valence electrons. The molecule has 1 aromatic carbocycles. The molecule has 0 atom stereocenters. The number of ether oxygens (including phenoxy) is 1. The van der Waals surface area contributed by atoms with E-state index in [1.54, 1.807) is 6.07 Å². The van der Waals surface area contributed by atoms with Gasteiger partial charge < -0.3 is 4.74 Å². The molecule has 0 radical (unpaired) electrons. The quantitative estimate of drug-likeness (QED) is 0.698. The van der Waals surface area contributed by atoms with E-state index in [4.69, 9.17) is 27.9 Å². The van der Waals surface area contributed by atoms with Gasteiger partial charge in [0.1, 0.15) is 11.5 Å². The fraction of sp³-hybridized carbons (Fsp3) is 0.273. The van der Waals surface area contributed by atoms with Crippen molar-refractivity contribution < 1.29 is 4.74 Å². The molecule has 1 aromatic rings. The van der Waals surface area contributed by atoms with Crippen molar-refractivity contribution >= 4 is 23.2 Å². The van der Waals surface area contributed by atoms with Crippen molar-refractivity contribution in [1.82, 2.24) is 0 Å². The van der Waals surface area contributed by atoms with E-state index in [2.05, 4.69) is 0 Å². The maximum atomic E-state index is 5.93. The highest BCUT2D eigenvalue weighted by Crippen LogP contribution is 2.27. The van der Waals surface area contributed by atoms with Crippen LogP contribution >= 0.6 is 23.2 Å². The van der Waals surface area contributed by atoms with Gasteiger partial charge in [-0.1, -0.05) is 49.2 Å². The number of hydrogen-bond acceptors (Lipinski definition) is 1. The van der Waals surface area contributed by atoms with E-state index >= 15 is 0 Å². The molecule has 0 saturated heterocycles. The fourth-order valence-electron chi connectivity index (χ4n) is 0.921. The maximum Gasteiger partial charge on any atom is 0.145 e. The number of halogens is 2. The summed E-state index contributed by atoms with van der Waals surface area (Å²) >= 11 is 11.6. The molecule has 0 saturated carbocycles. The van der Waals surface area contributed by atoms with Crippen LogP contribution in [0.1, 0.15) is 13.8 Å². The SMILES string of the molecule is CC(C)/C(=C/Cl)Oc1ccccc1Cl. The summed E-state index contributed by atoms with van der Waals surface area (Å²) in [6.45, 7) is 4.01. The van der Waals surface area contributed by atoms with Crippen molar-refractivity contribution in [2.75, 3.05) is 0 Å². The van der Waals surface area contributed by atoms with Gasteiger partial charge in [-0.15, -0.1) is 0 Å². The molecule has 0 N–H and O–H groups in total. The van der Waals surface area contributed by atoms with Gasteiger partial charge in [-0.3, -0.25) is 0 Å². The van der Waals surface area contributed by atoms with E-state index in [1.807, 2.05) is 32.0 Å². The Morgan fingerprint density at radius 3 is 2.50 bits per heavy atom. The minimum absolute atomic E-state index is 0.240. The van der Waals surface area contributed by atoms with E-state index in [9.17, 15) is 0 Å². The van der Waals surface area contributed by atoms with Crippen LogP contribution in [0.4, 0.5) is 0 Å². The molecule has 0 amide bonds. The average molecular weight is 231 g/mol. The van der Waals surface area contributed by atoms with E-state index in [0.29, 0.717) is 16.5 Å². The van der Waals surface area contributed by atoms with Crippen LogP contribution in [-0.2, 0) is 0 Å². The molecule has 0 heterocycles. The fourth-order valence-corrected chi connectivity index (χ4v) is 1.39. The zero-order valence-corrected chi connectivity index (χ0v) is 9.64. The highest BCUT2D eigenvalue weighted by molar-refractivity contribution is 6.32. The van der Waals surface area contributed by atoms with Gasteiger partial charge in [0.15, 0.2) is 0 Å². The number of rotatable bonds is 3. The first kappa shape index (κ1) is 11.4. The van der Waals surface area contributed by atoms with Gasteiger partial charge in [0.2, 0.25) is 0 Å². The highest BCUT2D eigenvalue weighted by atomic mass is 35.5. The van der Waals surface area contributed by atoms with Crippen LogP contribution in [-0.4, -0.2) is 0 Å². The van der Waals surface area contributed by atoms with Crippen molar-refractivity contribution in [3.8, 4) is 5.75 Å². The second-order valence-electron chi connectivity index (χ2n) is 3.20. The van der Waals surface area contributed by atoms with E-state index < -0.39 is 0 Å². The Balaban J connectivity index is 2.83. The van der Waals surface area contributed by atoms with Gasteiger partial charge in [0.05, 0.1) is 5.02 Å². The molecule has 1 rings (SSSR count). The molecule has 0 unspecified atom stereocenters. The summed E-state index contributed by atoms with van der Waals surface area (Å²) in [5.41, 5.74) is 1.44. The topological polar surface area (TPSA) is 9.23 Å². The Morgan fingerprint density at radius 1 is 1.36 bits per heavy atom. The van der Waals surface area contributed by atoms with Crippen LogP contribution < -0.4 is 4.74 Å². The van der Waals surface area contributed by atoms with E-state index in [-0.39, 0.29) is 5.92 Å². The summed E-state index contributed by atoms with van der Waals surface area (Å²) in [5.74, 6) is 1.58. The van der Waals surface area contributed by atoms with Gasteiger partial charge in [-0.25, -0.2) is 0 Å². The third-order valence-corrected chi connectivity index (χ3v) is 2.27. The molecule has 3 heteroatoms. The molecular weight excluding hydrogens is 219 g/mol. The first-order chi connectivity index (χ1) is 6.65. The third kappa shape index (κ3) is 2.93. The smallest absolute Gasteiger partial charge is 0.145 e. The summed E-state index contributed by atoms with van der Waals surface area (Å²) in [6, 6.07) is 7.32. The van der Waals surface area contributed by atoms with Gasteiger partial charge in [0, 0.05) is 11.5 Å². The zero-order chi connectivity index (χ0) is 10.6. The maximum absolute atomic E-state index is 5.93. The largest absolute Gasteiger partial charge is 0.459 e. The second kappa shape index (κ2) is 5.28. The number of para-hydroxylation sites is 1. The van der Waals surface area contributed by atoms with Gasteiger partial charge in [-0.05, 0) is 12.1 Å². The molecule has 0 fully saturated rings. The number of hydrogen-bond donors (Lipinski definition) is 0. The normalized spacial score (nSPS) is 11.9. The Bertz CT molecular complexity index is 332. The lowest BCUT2D eigenvalue weighted by Crippen LogP contribution is -2.02. The monoisotopic (exact) mass is 230 g/mol. The predicted molar refractivity (Wildman–Crippen MR) is 60.9 cm³/mol. The molecule has 0 aliphatic carbocycles. The minimum atomic E-state index is 0.240. The van der Waals surface area contributed by atoms with E-state index in [0.717, 1.165) is 0 Å². The van der Waals surface area contributed by atoms with Gasteiger partial charge >= 0.3 is 0 Å². The minimum Gasteiger partial charge on any atom is -0.459 e. The summed E-state index contributed by atoms with van der Waals surface area (Å²) in [4.78, 5) is 0. The van der Waals surface area contributed by atoms with Crippen molar-refractivity contribution in [2.45, 2.75) is 13.8 Å². The molecule has 0 bridgehead atoms. The third-order valence-electron chi connectivity index (χ3n) is 1.74. The molecule has 1 nitrogen and oxygen atoms in total. The lowest BCUT2D eigenvalue weighted by atomic mass is 10.2. The van der Waals surface area contributed by atoms with Crippen LogP contribution in [0.2, 0.25) is 5.02 Å². The summed E-state index contributed by atoms with van der Waals surface area (Å²) in [5, 5.41) is 0.587. The molecule has 0 aromatic heterocycles. The Morgan fingerprint density at radius 2 is 2.00 bits per heavy atom. The van der Waals surface area contributed by atoms with Gasteiger partial charge in [0.25, 0.3) is 0 Å². The number of allylic oxidation sites excluding steroid dienone is 1. The molecule has 0 aliphatic heterocycles. The Labute approximate surface area is 94.3 Å². The van der Waals surface area contributed by atoms with Gasteiger partial charge in [-0.2, -0.15) is 0 Å². The second-order valence-corrected chi connectivity index (χ2v) is 3.82. The lowest BCUT2D eigenvalue weighted by molar-refractivity contribution is 0.370. The zero-order valence-electron chi connectivity index (χ0n) is 8.13. The Hall–Kier alpha value is -0.660. The van der Waals surface area contributed by atoms with E-state index in [1.165, 1.54) is 5.54 Å². The highest BCUT2D eigenvalue weighted by Gasteiger charge is 2.07. The first-order valence-electron chi connectivity index (χ1n) is 4.37. The van der Waals surface area contributed by atoms with Crippen LogP contribution in [0.25, 0.3) is 0 Å². The predicted octanol–water partition coefficient (Wildman–Crippen LogP) is 4.46. The van der Waals surface area contributed by atoms with Crippen molar-refractivity contribution in [3.05, 3.63) is 40.6 Å². The average Bonchev–Trinajstić information content (AvgIpc) is 2.16. The van der Waals surface area contributed by atoms with Crippen LogP contribution in [0.3, 0.4) is 0 Å². The molecular formula is C11H12Cl2O. The molecule has 14 heavy (non-hydrogen) atoms. The summed E-state index contributed by atoms with van der Waals surface area (Å²) in [7, 11) is 0. The molecule has 0 spiro atoms. The van der Waals surface area contributed by atoms with Crippen LogP contribution in [0.15, 0.2) is 35.6 Å². The van der Waals surface area contributed by atoms with Crippen molar-refractivity contribution in [1.29, 1.82) is 0 Å². The van der Waals surface area contributed by atoms with Crippen LogP contribution in [0.5, 0.6) is 5.75 Å². The summed E-state index contributed by atoms with van der Waals surface area (Å²) < 4.78 is 5.55. The Kier molecular flexibility index (Phi) is 4.30. The van der Waals surface area contributed by atoms with Crippen LogP contribution in [0, 0.1) is 5.92 Å². The summed E-state index contributed by atoms with van der Waals surface area (Å²) in [6.07, 6.45) is 0. The van der Waals surface area contributed by atoms with Crippen molar-refractivity contribution in [2.24, 2.45) is 5.92 Å². The standard InChI is InChI=1S/C11H12Cl2O/c1-8(2)11(7-12)14-10-6-4-3-5-9(10)13/h3-8H,1-2H3/b11-7-. The lowest BCUT2D eigenvalue weighted by Gasteiger charge is -2.12.